The molecule has 55 heavy (non-hydrogen) atoms. The number of furan rings is 1. The second kappa shape index (κ2) is 11.6. The lowest BCUT2D eigenvalue weighted by molar-refractivity contribution is 0.670. The third-order valence-corrected chi connectivity index (χ3v) is 11.8. The SMILES string of the molecule is c1ccc2c(c1)oc1c(-c3ccc(-c4c5ccccc5c(-c5cc6c7ccccc7c7ccccc7c6c6ccccc56)c5ccccc45)cc3)cccc12. The molecule has 12 aromatic rings. The number of fused-ring (bicyclic) bond motifs is 13. The summed E-state index contributed by atoms with van der Waals surface area (Å²) in [4.78, 5) is 0. The van der Waals surface area contributed by atoms with Crippen LogP contribution in [0.15, 0.2) is 199 Å². The molecule has 0 unspecified atom stereocenters. The Morgan fingerprint density at radius 2 is 0.691 bits per heavy atom. The van der Waals surface area contributed by atoms with E-state index in [1.807, 2.05) is 12.1 Å². The van der Waals surface area contributed by atoms with Gasteiger partial charge in [0, 0.05) is 16.3 Å². The molecule has 1 heterocycles. The molecule has 0 saturated heterocycles. The molecule has 12 rings (SSSR count). The molecule has 0 saturated carbocycles. The fourth-order valence-corrected chi connectivity index (χ4v) is 9.49. The van der Waals surface area contributed by atoms with Gasteiger partial charge in [-0.05, 0) is 105 Å². The summed E-state index contributed by atoms with van der Waals surface area (Å²) in [5.74, 6) is 0. The Labute approximate surface area is 317 Å². The van der Waals surface area contributed by atoms with E-state index < -0.39 is 0 Å². The third-order valence-electron chi connectivity index (χ3n) is 11.8. The highest BCUT2D eigenvalue weighted by atomic mass is 16.3. The number of hydrogen-bond acceptors (Lipinski definition) is 1. The summed E-state index contributed by atoms with van der Waals surface area (Å²) in [5, 5.41) is 17.6. The van der Waals surface area contributed by atoms with E-state index in [2.05, 4.69) is 182 Å². The van der Waals surface area contributed by atoms with Crippen molar-refractivity contribution in [2.75, 3.05) is 0 Å². The zero-order valence-electron chi connectivity index (χ0n) is 29.9. The summed E-state index contributed by atoms with van der Waals surface area (Å²) >= 11 is 0. The maximum absolute atomic E-state index is 6.43. The highest BCUT2D eigenvalue weighted by Crippen LogP contribution is 2.49. The molecule has 1 heteroatoms. The van der Waals surface area contributed by atoms with E-state index >= 15 is 0 Å². The quantitative estimate of drug-likeness (QED) is 0.132. The summed E-state index contributed by atoms with van der Waals surface area (Å²) in [6, 6.07) is 71.1. The minimum atomic E-state index is 0.917. The van der Waals surface area contributed by atoms with Gasteiger partial charge in [0.05, 0.1) is 0 Å². The van der Waals surface area contributed by atoms with Crippen LogP contribution in [0.1, 0.15) is 0 Å². The largest absolute Gasteiger partial charge is 0.455 e. The Balaban J connectivity index is 1.13. The van der Waals surface area contributed by atoms with Gasteiger partial charge in [-0.15, -0.1) is 0 Å². The van der Waals surface area contributed by atoms with Gasteiger partial charge in [0.25, 0.3) is 0 Å². The predicted octanol–water partition coefficient (Wildman–Crippen LogP) is 15.5. The van der Waals surface area contributed by atoms with Crippen LogP contribution in [-0.4, -0.2) is 0 Å². The average Bonchev–Trinajstić information content (AvgIpc) is 3.64. The van der Waals surface area contributed by atoms with E-state index in [0.29, 0.717) is 0 Å². The van der Waals surface area contributed by atoms with E-state index in [4.69, 9.17) is 4.42 Å². The predicted molar refractivity (Wildman–Crippen MR) is 235 cm³/mol. The Kier molecular flexibility index (Phi) is 6.40. The van der Waals surface area contributed by atoms with Crippen molar-refractivity contribution in [3.63, 3.8) is 0 Å². The van der Waals surface area contributed by atoms with Crippen molar-refractivity contribution in [3.8, 4) is 33.4 Å². The molecule has 0 aliphatic rings. The van der Waals surface area contributed by atoms with E-state index in [0.717, 1.165) is 33.1 Å². The average molecular weight is 697 g/mol. The number of hydrogen-bond donors (Lipinski definition) is 0. The highest BCUT2D eigenvalue weighted by Gasteiger charge is 2.21. The summed E-state index contributed by atoms with van der Waals surface area (Å²) < 4.78 is 6.43. The Morgan fingerprint density at radius 1 is 0.255 bits per heavy atom. The zero-order chi connectivity index (χ0) is 36.0. The summed E-state index contributed by atoms with van der Waals surface area (Å²) in [6.45, 7) is 0. The standard InChI is InChI=1S/C54H32O/c1-2-16-38-36(14-1)37-15-3-5-19-41(37)52-42-20-6-4-17-39(42)49(32-48(38)52)53-45-23-9-7-21-43(45)51(44-22-8-10-24-46(44)53)34-30-28-33(29-31-34)35-25-13-26-47-40-18-11-12-27-50(40)55-54(35)47/h1-32H. The van der Waals surface area contributed by atoms with Gasteiger partial charge in [-0.2, -0.15) is 0 Å². The number of rotatable bonds is 3. The second-order valence-corrected chi connectivity index (χ2v) is 14.7. The molecular formula is C54H32O. The molecule has 11 aromatic carbocycles. The lowest BCUT2D eigenvalue weighted by Crippen LogP contribution is -1.93. The first kappa shape index (κ1) is 30.3. The normalized spacial score (nSPS) is 12.0. The fourth-order valence-electron chi connectivity index (χ4n) is 9.49. The molecule has 0 fully saturated rings. The first-order chi connectivity index (χ1) is 27.3. The van der Waals surface area contributed by atoms with Crippen LogP contribution in [0.5, 0.6) is 0 Å². The maximum atomic E-state index is 6.43. The van der Waals surface area contributed by atoms with E-state index in [1.54, 1.807) is 0 Å². The Morgan fingerprint density at radius 3 is 1.33 bits per heavy atom. The summed E-state index contributed by atoms with van der Waals surface area (Å²) in [7, 11) is 0. The first-order valence-electron chi connectivity index (χ1n) is 19.0. The molecule has 0 aliphatic carbocycles. The topological polar surface area (TPSA) is 13.1 Å². The van der Waals surface area contributed by atoms with Crippen molar-refractivity contribution >= 4 is 86.6 Å². The van der Waals surface area contributed by atoms with Crippen molar-refractivity contribution < 1.29 is 4.42 Å². The van der Waals surface area contributed by atoms with Crippen molar-refractivity contribution in [3.05, 3.63) is 194 Å². The van der Waals surface area contributed by atoms with Crippen LogP contribution in [0.3, 0.4) is 0 Å². The fraction of sp³-hybridized carbons (Fsp3) is 0. The number of para-hydroxylation sites is 2. The molecule has 254 valence electrons. The summed E-state index contributed by atoms with van der Waals surface area (Å²) in [5.41, 5.74) is 9.08. The molecule has 0 atom stereocenters. The molecule has 0 N–H and O–H groups in total. The molecule has 0 spiro atoms. The Bertz CT molecular complexity index is 3470. The van der Waals surface area contributed by atoms with E-state index in [1.165, 1.54) is 86.9 Å². The van der Waals surface area contributed by atoms with Gasteiger partial charge >= 0.3 is 0 Å². The van der Waals surface area contributed by atoms with E-state index in [9.17, 15) is 0 Å². The smallest absolute Gasteiger partial charge is 0.143 e. The molecule has 0 amide bonds. The molecule has 0 radical (unpaired) electrons. The van der Waals surface area contributed by atoms with Gasteiger partial charge < -0.3 is 4.42 Å². The zero-order valence-corrected chi connectivity index (χ0v) is 29.9. The van der Waals surface area contributed by atoms with Gasteiger partial charge in [-0.25, -0.2) is 0 Å². The minimum Gasteiger partial charge on any atom is -0.455 e. The second-order valence-electron chi connectivity index (χ2n) is 14.7. The molecule has 0 aliphatic heterocycles. The van der Waals surface area contributed by atoms with Gasteiger partial charge in [0.15, 0.2) is 0 Å². The van der Waals surface area contributed by atoms with Crippen LogP contribution in [0, 0.1) is 0 Å². The van der Waals surface area contributed by atoms with Crippen LogP contribution in [0.25, 0.3) is 120 Å². The molecule has 1 nitrogen and oxygen atoms in total. The minimum absolute atomic E-state index is 0.917. The van der Waals surface area contributed by atoms with Crippen molar-refractivity contribution in [2.45, 2.75) is 0 Å². The van der Waals surface area contributed by atoms with Crippen LogP contribution >= 0.6 is 0 Å². The van der Waals surface area contributed by atoms with Crippen LogP contribution in [0.2, 0.25) is 0 Å². The first-order valence-corrected chi connectivity index (χ1v) is 19.0. The van der Waals surface area contributed by atoms with Crippen molar-refractivity contribution in [2.24, 2.45) is 0 Å². The van der Waals surface area contributed by atoms with Crippen molar-refractivity contribution in [1.29, 1.82) is 0 Å². The van der Waals surface area contributed by atoms with Crippen LogP contribution in [0.4, 0.5) is 0 Å². The lowest BCUT2D eigenvalue weighted by atomic mass is 9.82. The van der Waals surface area contributed by atoms with Gasteiger partial charge in [-0.3, -0.25) is 0 Å². The maximum Gasteiger partial charge on any atom is 0.143 e. The monoisotopic (exact) mass is 696 g/mol. The lowest BCUT2D eigenvalue weighted by Gasteiger charge is -2.21. The summed E-state index contributed by atoms with van der Waals surface area (Å²) in [6.07, 6.45) is 0. The van der Waals surface area contributed by atoms with Crippen LogP contribution < -0.4 is 0 Å². The van der Waals surface area contributed by atoms with E-state index in [-0.39, 0.29) is 0 Å². The Hall–Kier alpha value is -7.22. The van der Waals surface area contributed by atoms with Gasteiger partial charge in [-0.1, -0.05) is 182 Å². The third kappa shape index (κ3) is 4.35. The van der Waals surface area contributed by atoms with Crippen molar-refractivity contribution in [1.82, 2.24) is 0 Å². The molecular weight excluding hydrogens is 665 g/mol. The van der Waals surface area contributed by atoms with Gasteiger partial charge in [0.1, 0.15) is 11.2 Å². The van der Waals surface area contributed by atoms with Gasteiger partial charge in [0.2, 0.25) is 0 Å². The number of benzene rings is 11. The van der Waals surface area contributed by atoms with Crippen LogP contribution in [-0.2, 0) is 0 Å². The highest BCUT2D eigenvalue weighted by molar-refractivity contribution is 6.34. The molecule has 1 aromatic heterocycles. The molecule has 0 bridgehead atoms.